The average Bonchev–Trinajstić information content (AvgIpc) is 2.76. The van der Waals surface area contributed by atoms with E-state index in [1.54, 1.807) is 25.1 Å². The van der Waals surface area contributed by atoms with Crippen LogP contribution in [0.5, 0.6) is 0 Å². The van der Waals surface area contributed by atoms with Crippen LogP contribution in [0.2, 0.25) is 0 Å². The van der Waals surface area contributed by atoms with E-state index >= 15 is 0 Å². The van der Waals surface area contributed by atoms with E-state index in [0.717, 1.165) is 0 Å². The molecule has 2 aromatic heterocycles. The second kappa shape index (κ2) is 4.20. The molecule has 1 atom stereocenters. The summed E-state index contributed by atoms with van der Waals surface area (Å²) in [6.07, 6.45) is 1.36. The van der Waals surface area contributed by atoms with E-state index in [1.165, 1.54) is 10.9 Å². The summed E-state index contributed by atoms with van der Waals surface area (Å²) in [6, 6.07) is 4.31. The summed E-state index contributed by atoms with van der Waals surface area (Å²) in [4.78, 5) is 15.0. The van der Waals surface area contributed by atoms with Crippen molar-refractivity contribution in [3.05, 3.63) is 24.5 Å². The van der Waals surface area contributed by atoms with E-state index < -0.39 is 12.0 Å². The van der Waals surface area contributed by atoms with E-state index in [9.17, 15) is 4.79 Å². The lowest BCUT2D eigenvalue weighted by Crippen LogP contribution is -2.16. The van der Waals surface area contributed by atoms with E-state index in [1.807, 2.05) is 0 Å². The Morgan fingerprint density at radius 2 is 2.29 bits per heavy atom. The van der Waals surface area contributed by atoms with Gasteiger partial charge in [0.2, 0.25) is 0 Å². The van der Waals surface area contributed by atoms with Crippen LogP contribution < -0.4 is 5.73 Å². The molecule has 0 saturated carbocycles. The fraction of sp³-hybridized carbons (Fsp3) is 0.200. The van der Waals surface area contributed by atoms with Crippen LogP contribution in [0.15, 0.2) is 24.5 Å². The third-order valence-electron chi connectivity index (χ3n) is 2.35. The molecule has 7 nitrogen and oxygen atoms in total. The summed E-state index contributed by atoms with van der Waals surface area (Å²) in [5.41, 5.74) is 6.06. The van der Waals surface area contributed by atoms with Crippen LogP contribution >= 0.6 is 0 Å². The van der Waals surface area contributed by atoms with Crippen LogP contribution in [0.4, 0.5) is 5.82 Å². The van der Waals surface area contributed by atoms with Gasteiger partial charge in [-0.25, -0.2) is 9.78 Å². The van der Waals surface area contributed by atoms with Crippen LogP contribution in [0, 0.1) is 0 Å². The fourth-order valence-corrected chi connectivity index (χ4v) is 1.40. The maximum absolute atomic E-state index is 10.9. The molecule has 2 heterocycles. The Balaban J connectivity index is 2.47. The molecule has 0 amide bonds. The molecule has 2 rings (SSSR count). The number of aromatic nitrogens is 4. The summed E-state index contributed by atoms with van der Waals surface area (Å²) in [5.74, 6) is -0.234. The van der Waals surface area contributed by atoms with Gasteiger partial charge >= 0.3 is 5.97 Å². The van der Waals surface area contributed by atoms with E-state index in [4.69, 9.17) is 10.8 Å². The maximum Gasteiger partial charge on any atom is 0.326 e. The lowest BCUT2D eigenvalue weighted by atomic mass is 10.3. The van der Waals surface area contributed by atoms with Crippen molar-refractivity contribution in [3.63, 3.8) is 0 Å². The minimum absolute atomic E-state index is 0.347. The Morgan fingerprint density at radius 3 is 2.94 bits per heavy atom. The highest BCUT2D eigenvalue weighted by molar-refractivity contribution is 5.72. The minimum atomic E-state index is -0.963. The van der Waals surface area contributed by atoms with Crippen LogP contribution in [0.1, 0.15) is 13.0 Å². The van der Waals surface area contributed by atoms with Gasteiger partial charge in [0, 0.05) is 0 Å². The molecule has 0 saturated heterocycles. The number of aliphatic carboxylic acids is 1. The van der Waals surface area contributed by atoms with Gasteiger partial charge in [-0.15, -0.1) is 10.2 Å². The third-order valence-corrected chi connectivity index (χ3v) is 2.35. The van der Waals surface area contributed by atoms with Gasteiger partial charge in [0.25, 0.3) is 0 Å². The van der Waals surface area contributed by atoms with Crippen molar-refractivity contribution in [2.75, 3.05) is 5.73 Å². The number of nitrogens with two attached hydrogens (primary N) is 1. The van der Waals surface area contributed by atoms with E-state index in [0.29, 0.717) is 17.3 Å². The zero-order chi connectivity index (χ0) is 12.4. The summed E-state index contributed by atoms with van der Waals surface area (Å²) in [7, 11) is 0. The predicted molar refractivity (Wildman–Crippen MR) is 60.0 cm³/mol. The molecule has 0 aromatic carbocycles. The number of nitrogen functional groups attached to an aromatic ring is 1. The Bertz CT molecular complexity index is 551. The first-order valence-electron chi connectivity index (χ1n) is 4.95. The van der Waals surface area contributed by atoms with Crippen LogP contribution in [0.3, 0.4) is 0 Å². The molecule has 2 aromatic rings. The van der Waals surface area contributed by atoms with Crippen LogP contribution in [0.25, 0.3) is 11.5 Å². The average molecular weight is 233 g/mol. The second-order valence-corrected chi connectivity index (χ2v) is 3.52. The van der Waals surface area contributed by atoms with Crippen molar-refractivity contribution in [1.82, 2.24) is 19.7 Å². The van der Waals surface area contributed by atoms with Gasteiger partial charge in [-0.3, -0.25) is 4.57 Å². The molecule has 17 heavy (non-hydrogen) atoms. The largest absolute Gasteiger partial charge is 0.480 e. The molecule has 0 unspecified atom stereocenters. The number of nitrogens with zero attached hydrogens (tertiary/aromatic N) is 4. The summed E-state index contributed by atoms with van der Waals surface area (Å²) in [5, 5.41) is 16.5. The number of anilines is 1. The molecule has 0 bridgehead atoms. The number of carboxylic acids is 1. The van der Waals surface area contributed by atoms with Gasteiger partial charge in [-0.05, 0) is 19.1 Å². The number of pyridine rings is 1. The molecule has 3 N–H and O–H groups in total. The first kappa shape index (κ1) is 11.1. The quantitative estimate of drug-likeness (QED) is 0.802. The Morgan fingerprint density at radius 1 is 1.53 bits per heavy atom. The zero-order valence-electron chi connectivity index (χ0n) is 9.11. The summed E-state index contributed by atoms with van der Waals surface area (Å²) in [6.45, 7) is 1.54. The number of hydrogen-bond donors (Lipinski definition) is 2. The van der Waals surface area contributed by atoms with Crippen molar-refractivity contribution in [1.29, 1.82) is 0 Å². The number of hydrogen-bond acceptors (Lipinski definition) is 5. The molecule has 0 fully saturated rings. The smallest absolute Gasteiger partial charge is 0.326 e. The molecule has 0 aliphatic heterocycles. The van der Waals surface area contributed by atoms with Gasteiger partial charge in [-0.2, -0.15) is 0 Å². The molecule has 7 heteroatoms. The highest BCUT2D eigenvalue weighted by atomic mass is 16.4. The Hall–Kier alpha value is -2.44. The topological polar surface area (TPSA) is 107 Å². The summed E-state index contributed by atoms with van der Waals surface area (Å²) >= 11 is 0. The zero-order valence-corrected chi connectivity index (χ0v) is 9.11. The van der Waals surface area contributed by atoms with Crippen molar-refractivity contribution in [3.8, 4) is 11.5 Å². The fourth-order valence-electron chi connectivity index (χ4n) is 1.40. The molecule has 0 radical (unpaired) electrons. The second-order valence-electron chi connectivity index (χ2n) is 3.52. The SMILES string of the molecule is C[C@H](C(=O)O)n1cnnc1-c1cccc(N)n1. The number of carboxylic acid groups (broad SMARTS) is 1. The number of rotatable bonds is 3. The van der Waals surface area contributed by atoms with Gasteiger partial charge < -0.3 is 10.8 Å². The van der Waals surface area contributed by atoms with E-state index in [2.05, 4.69) is 15.2 Å². The van der Waals surface area contributed by atoms with Gasteiger partial charge in [0.15, 0.2) is 5.82 Å². The summed E-state index contributed by atoms with van der Waals surface area (Å²) < 4.78 is 1.43. The first-order valence-corrected chi connectivity index (χ1v) is 4.95. The Labute approximate surface area is 96.9 Å². The van der Waals surface area contributed by atoms with Crippen molar-refractivity contribution in [2.24, 2.45) is 0 Å². The highest BCUT2D eigenvalue weighted by Crippen LogP contribution is 2.19. The van der Waals surface area contributed by atoms with Crippen LogP contribution in [-0.2, 0) is 4.79 Å². The maximum atomic E-state index is 10.9. The standard InChI is InChI=1S/C10H11N5O2/c1-6(10(16)17)15-5-12-14-9(15)7-3-2-4-8(11)13-7/h2-6H,1H3,(H2,11,13)(H,16,17)/t6-/m1/s1. The van der Waals surface area contributed by atoms with Crippen LogP contribution in [-0.4, -0.2) is 30.8 Å². The molecule has 0 aliphatic carbocycles. The molecule has 88 valence electrons. The van der Waals surface area contributed by atoms with Gasteiger partial charge in [0.1, 0.15) is 23.9 Å². The monoisotopic (exact) mass is 233 g/mol. The highest BCUT2D eigenvalue weighted by Gasteiger charge is 2.19. The van der Waals surface area contributed by atoms with Crippen molar-refractivity contribution >= 4 is 11.8 Å². The van der Waals surface area contributed by atoms with Crippen molar-refractivity contribution in [2.45, 2.75) is 13.0 Å². The van der Waals surface area contributed by atoms with Crippen molar-refractivity contribution < 1.29 is 9.90 Å². The molecule has 0 spiro atoms. The van der Waals surface area contributed by atoms with E-state index in [-0.39, 0.29) is 0 Å². The van der Waals surface area contributed by atoms with Gasteiger partial charge in [0.05, 0.1) is 0 Å². The minimum Gasteiger partial charge on any atom is -0.480 e. The normalized spacial score (nSPS) is 12.3. The third kappa shape index (κ3) is 2.07. The first-order chi connectivity index (χ1) is 8.09. The molecular weight excluding hydrogens is 222 g/mol. The molecule has 0 aliphatic rings. The lowest BCUT2D eigenvalue weighted by Gasteiger charge is -2.10. The predicted octanol–water partition coefficient (Wildman–Crippen LogP) is 0.568. The molecular formula is C10H11N5O2. The number of carbonyl (C=O) groups is 1. The van der Waals surface area contributed by atoms with Gasteiger partial charge in [-0.1, -0.05) is 6.07 Å². The Kier molecular flexibility index (Phi) is 2.73. The lowest BCUT2D eigenvalue weighted by molar-refractivity contribution is -0.140.